The first-order chi connectivity index (χ1) is 11.2. The highest BCUT2D eigenvalue weighted by Gasteiger charge is 2.25. The van der Waals surface area contributed by atoms with E-state index in [2.05, 4.69) is 40.2 Å². The van der Waals surface area contributed by atoms with Crippen LogP contribution in [0.2, 0.25) is 5.02 Å². The number of nitrogens with zero attached hydrogens (tertiary/aromatic N) is 5. The Kier molecular flexibility index (Phi) is 3.71. The molecule has 23 heavy (non-hydrogen) atoms. The van der Waals surface area contributed by atoms with Gasteiger partial charge in [0.2, 0.25) is 0 Å². The zero-order valence-electron chi connectivity index (χ0n) is 12.3. The van der Waals surface area contributed by atoms with Gasteiger partial charge in [-0.05, 0) is 41.1 Å². The van der Waals surface area contributed by atoms with E-state index in [1.807, 2.05) is 25.1 Å². The first-order valence-electron chi connectivity index (χ1n) is 7.21. The van der Waals surface area contributed by atoms with Crippen LogP contribution in [0.15, 0.2) is 29.1 Å². The second-order valence-electron chi connectivity index (χ2n) is 5.18. The van der Waals surface area contributed by atoms with Crippen LogP contribution in [0.5, 0.6) is 0 Å². The van der Waals surface area contributed by atoms with E-state index >= 15 is 0 Å². The van der Waals surface area contributed by atoms with E-state index in [9.17, 15) is 0 Å². The number of fused-ring (bicyclic) bond motifs is 5. The smallest absolute Gasteiger partial charge is 0.166 e. The molecule has 0 saturated carbocycles. The van der Waals surface area contributed by atoms with Gasteiger partial charge in [0, 0.05) is 17.2 Å². The molecule has 2 aromatic heterocycles. The number of ether oxygens (including phenoxy) is 1. The highest BCUT2D eigenvalue weighted by atomic mass is 79.9. The molecular formula is C15H13BrClN5O. The Labute approximate surface area is 146 Å². The predicted molar refractivity (Wildman–Crippen MR) is 89.7 cm³/mol. The Morgan fingerprint density at radius 2 is 2.22 bits per heavy atom. The molecule has 0 spiro atoms. The van der Waals surface area contributed by atoms with Crippen LogP contribution in [0.3, 0.4) is 0 Å². The van der Waals surface area contributed by atoms with Gasteiger partial charge in [0.05, 0.1) is 17.9 Å². The van der Waals surface area contributed by atoms with Gasteiger partial charge < -0.3 is 9.30 Å². The Hall–Kier alpha value is -1.70. The highest BCUT2D eigenvalue weighted by Crippen LogP contribution is 2.35. The topological polar surface area (TPSA) is 57.8 Å². The maximum absolute atomic E-state index is 6.20. The molecule has 6 nitrogen and oxygen atoms in total. The summed E-state index contributed by atoms with van der Waals surface area (Å²) in [4.78, 5) is 4.37. The van der Waals surface area contributed by atoms with E-state index < -0.39 is 0 Å². The molecule has 0 radical (unpaired) electrons. The molecule has 1 aliphatic heterocycles. The van der Waals surface area contributed by atoms with Crippen molar-refractivity contribution in [2.24, 2.45) is 0 Å². The van der Waals surface area contributed by atoms with Crippen LogP contribution in [-0.4, -0.2) is 30.9 Å². The summed E-state index contributed by atoms with van der Waals surface area (Å²) in [6, 6.07) is 5.75. The molecular weight excluding hydrogens is 382 g/mol. The summed E-state index contributed by atoms with van der Waals surface area (Å²) in [7, 11) is 0. The monoisotopic (exact) mass is 393 g/mol. The molecule has 0 saturated heterocycles. The van der Waals surface area contributed by atoms with Gasteiger partial charge in [-0.1, -0.05) is 11.6 Å². The third-order valence-corrected chi connectivity index (χ3v) is 4.74. The van der Waals surface area contributed by atoms with E-state index in [1.54, 1.807) is 6.33 Å². The van der Waals surface area contributed by atoms with Crippen molar-refractivity contribution in [3.05, 3.63) is 45.7 Å². The van der Waals surface area contributed by atoms with E-state index in [1.165, 1.54) is 0 Å². The van der Waals surface area contributed by atoms with E-state index in [4.69, 9.17) is 16.3 Å². The first kappa shape index (κ1) is 14.9. The van der Waals surface area contributed by atoms with Gasteiger partial charge in [-0.15, -0.1) is 10.2 Å². The molecule has 118 valence electrons. The van der Waals surface area contributed by atoms with Crippen molar-refractivity contribution in [2.75, 3.05) is 6.61 Å². The summed E-state index contributed by atoms with van der Waals surface area (Å²) >= 11 is 9.73. The van der Waals surface area contributed by atoms with Crippen LogP contribution < -0.4 is 0 Å². The summed E-state index contributed by atoms with van der Waals surface area (Å²) in [5.41, 5.74) is 2.94. The van der Waals surface area contributed by atoms with Crippen LogP contribution in [-0.2, 0) is 17.9 Å². The summed E-state index contributed by atoms with van der Waals surface area (Å²) in [5, 5.41) is 9.32. The number of aromatic nitrogens is 5. The minimum absolute atomic E-state index is 0.422. The van der Waals surface area contributed by atoms with Crippen molar-refractivity contribution >= 4 is 27.5 Å². The molecule has 0 atom stereocenters. The maximum Gasteiger partial charge on any atom is 0.166 e. The van der Waals surface area contributed by atoms with Crippen LogP contribution in [0.4, 0.5) is 0 Å². The van der Waals surface area contributed by atoms with Crippen molar-refractivity contribution in [1.82, 2.24) is 24.3 Å². The first-order valence-corrected chi connectivity index (χ1v) is 8.38. The largest absolute Gasteiger partial charge is 0.374 e. The quantitative estimate of drug-likeness (QED) is 0.534. The van der Waals surface area contributed by atoms with Gasteiger partial charge >= 0.3 is 0 Å². The van der Waals surface area contributed by atoms with Crippen molar-refractivity contribution < 1.29 is 4.74 Å². The maximum atomic E-state index is 6.20. The van der Waals surface area contributed by atoms with Gasteiger partial charge in [0.1, 0.15) is 17.5 Å². The minimum Gasteiger partial charge on any atom is -0.374 e. The van der Waals surface area contributed by atoms with E-state index in [0.29, 0.717) is 24.8 Å². The average molecular weight is 395 g/mol. The van der Waals surface area contributed by atoms with Crippen LogP contribution in [0.1, 0.15) is 18.4 Å². The lowest BCUT2D eigenvalue weighted by atomic mass is 10.1. The molecule has 3 aromatic rings. The molecule has 0 bridgehead atoms. The molecule has 3 heterocycles. The molecule has 0 N–H and O–H groups in total. The van der Waals surface area contributed by atoms with Crippen molar-refractivity contribution in [2.45, 2.75) is 20.1 Å². The summed E-state index contributed by atoms with van der Waals surface area (Å²) in [6.45, 7) is 3.62. The zero-order chi connectivity index (χ0) is 16.0. The number of imidazole rings is 1. The fraction of sp³-hybridized carbons (Fsp3) is 0.267. The molecule has 1 aliphatic rings. The van der Waals surface area contributed by atoms with Gasteiger partial charge in [0.25, 0.3) is 0 Å². The molecule has 0 aliphatic carbocycles. The number of benzene rings is 1. The van der Waals surface area contributed by atoms with Crippen LogP contribution in [0, 0.1) is 0 Å². The van der Waals surface area contributed by atoms with E-state index in [0.717, 1.165) is 33.2 Å². The van der Waals surface area contributed by atoms with Crippen molar-refractivity contribution in [1.29, 1.82) is 0 Å². The molecule has 0 amide bonds. The minimum atomic E-state index is 0.422. The lowest BCUT2D eigenvalue weighted by Gasteiger charge is -2.08. The van der Waals surface area contributed by atoms with E-state index in [-0.39, 0.29) is 0 Å². The van der Waals surface area contributed by atoms with Crippen molar-refractivity contribution in [3.8, 4) is 17.1 Å². The third-order valence-electron chi connectivity index (χ3n) is 3.85. The summed E-state index contributed by atoms with van der Waals surface area (Å²) in [6.07, 6.45) is 1.80. The van der Waals surface area contributed by atoms with Crippen LogP contribution in [0.25, 0.3) is 17.1 Å². The third kappa shape index (κ3) is 2.39. The number of halogens is 2. The number of hydrogen-bond acceptors (Lipinski definition) is 4. The second kappa shape index (κ2) is 5.74. The van der Waals surface area contributed by atoms with Gasteiger partial charge in [0.15, 0.2) is 11.6 Å². The fourth-order valence-electron chi connectivity index (χ4n) is 2.75. The summed E-state index contributed by atoms with van der Waals surface area (Å²) in [5.74, 6) is 1.57. The molecule has 4 rings (SSSR count). The van der Waals surface area contributed by atoms with Crippen molar-refractivity contribution in [3.63, 3.8) is 0 Å². The highest BCUT2D eigenvalue weighted by molar-refractivity contribution is 9.10. The number of hydrogen-bond donors (Lipinski definition) is 0. The lowest BCUT2D eigenvalue weighted by molar-refractivity contribution is 0.125. The molecule has 0 unspecified atom stereocenters. The predicted octanol–water partition coefficient (Wildman–Crippen LogP) is 3.44. The molecule has 1 aromatic carbocycles. The zero-order valence-corrected chi connectivity index (χ0v) is 14.7. The van der Waals surface area contributed by atoms with Gasteiger partial charge in [-0.2, -0.15) is 0 Å². The SMILES string of the molecule is CCOCc1nnc2n1Cc1c(Br)ncn1-c1ccc(Cl)cc1-2. The Morgan fingerprint density at radius 1 is 1.35 bits per heavy atom. The fourth-order valence-corrected chi connectivity index (χ4v) is 3.33. The number of rotatable bonds is 3. The van der Waals surface area contributed by atoms with Crippen LogP contribution >= 0.6 is 27.5 Å². The Morgan fingerprint density at radius 3 is 3.04 bits per heavy atom. The molecule has 0 fully saturated rings. The van der Waals surface area contributed by atoms with Gasteiger partial charge in [-0.3, -0.25) is 4.57 Å². The Balaban J connectivity index is 1.97. The summed E-state index contributed by atoms with van der Waals surface area (Å²) < 4.78 is 10.4. The Bertz CT molecular complexity index is 888. The second-order valence-corrected chi connectivity index (χ2v) is 6.36. The standard InChI is InChI=1S/C15H13BrClN5O/c1-2-23-7-13-19-20-15-10-5-9(17)3-4-11(10)22-8-18-14(16)12(22)6-21(13)15/h3-5,8H,2,6-7H2,1H3. The lowest BCUT2D eigenvalue weighted by Crippen LogP contribution is -2.09. The average Bonchev–Trinajstić information content (AvgIpc) is 3.07. The molecule has 8 heteroatoms. The normalized spacial score (nSPS) is 12.5. The van der Waals surface area contributed by atoms with Gasteiger partial charge in [-0.25, -0.2) is 4.98 Å².